The molecule has 2 rings (SSSR count). The molecule has 4 nitrogen and oxygen atoms in total. The summed E-state index contributed by atoms with van der Waals surface area (Å²) in [5, 5.41) is 11.1. The first-order chi connectivity index (χ1) is 8.62. The van der Waals surface area contributed by atoms with Gasteiger partial charge in [0.1, 0.15) is 0 Å². The number of nitrogens with zero attached hydrogens (tertiary/aromatic N) is 1. The van der Waals surface area contributed by atoms with E-state index in [9.17, 15) is 4.79 Å². The van der Waals surface area contributed by atoms with E-state index in [2.05, 4.69) is 16.4 Å². The molecule has 1 heterocycles. The number of amides is 1. The smallest absolute Gasteiger partial charge is 0.207 e. The van der Waals surface area contributed by atoms with Crippen molar-refractivity contribution in [1.82, 2.24) is 10.3 Å². The molecule has 0 aliphatic heterocycles. The van der Waals surface area contributed by atoms with Crippen LogP contribution in [0.4, 0.5) is 0 Å². The van der Waals surface area contributed by atoms with Gasteiger partial charge in [-0.2, -0.15) is 0 Å². The number of carbonyl (C=O) groups is 1. The molecule has 1 saturated carbocycles. The minimum Gasteiger partial charge on any atom is -0.394 e. The molecule has 1 amide bonds. The molecule has 0 radical (unpaired) electrons. The van der Waals surface area contributed by atoms with E-state index in [4.69, 9.17) is 5.11 Å². The van der Waals surface area contributed by atoms with Crippen molar-refractivity contribution in [3.05, 3.63) is 29.6 Å². The summed E-state index contributed by atoms with van der Waals surface area (Å²) in [6, 6.07) is 4.07. The van der Waals surface area contributed by atoms with Crippen LogP contribution in [-0.2, 0) is 4.79 Å². The third-order valence-corrected chi connectivity index (χ3v) is 2.58. The topological polar surface area (TPSA) is 62.2 Å². The summed E-state index contributed by atoms with van der Waals surface area (Å²) < 4.78 is 0. The molecule has 102 valence electrons. The first-order valence-corrected chi connectivity index (χ1v) is 6.33. The van der Waals surface area contributed by atoms with E-state index >= 15 is 0 Å². The number of hydrogen-bond acceptors (Lipinski definition) is 3. The Kier molecular flexibility index (Phi) is 7.96. The van der Waals surface area contributed by atoms with E-state index in [1.165, 1.54) is 5.56 Å². The van der Waals surface area contributed by atoms with Gasteiger partial charge in [-0.25, -0.2) is 0 Å². The van der Waals surface area contributed by atoms with E-state index in [1.807, 2.05) is 40.0 Å². The second kappa shape index (κ2) is 8.64. The van der Waals surface area contributed by atoms with Crippen LogP contribution in [0.1, 0.15) is 37.9 Å². The zero-order valence-corrected chi connectivity index (χ0v) is 11.7. The number of aromatic nitrogens is 1. The maximum Gasteiger partial charge on any atom is 0.207 e. The number of hydrogen-bond donors (Lipinski definition) is 2. The molecular formula is C14H24N2O2. The number of rotatable bonds is 3. The summed E-state index contributed by atoms with van der Waals surface area (Å²) in [7, 11) is 0. The molecule has 1 aliphatic rings. The standard InChI is InChI=1S/C7H9N.C5H9NO2.C2H6/c1-6-3-4-7(2)8-5-6;7-3-5(1-2-5)6-4-8;1-2/h3-5H,1-2H3;4,7H,1-3H2,(H,6,8);1-2H3. The minimum absolute atomic E-state index is 0.0751. The Hall–Kier alpha value is -1.42. The van der Waals surface area contributed by atoms with E-state index in [0.29, 0.717) is 6.41 Å². The van der Waals surface area contributed by atoms with Gasteiger partial charge in [-0.15, -0.1) is 0 Å². The number of aryl methyl sites for hydroxylation is 2. The van der Waals surface area contributed by atoms with Gasteiger partial charge in [-0.1, -0.05) is 19.9 Å². The Morgan fingerprint density at radius 3 is 2.22 bits per heavy atom. The van der Waals surface area contributed by atoms with E-state index in [1.54, 1.807) is 0 Å². The summed E-state index contributed by atoms with van der Waals surface area (Å²) >= 11 is 0. The second-order valence-corrected chi connectivity index (χ2v) is 4.18. The van der Waals surface area contributed by atoms with Gasteiger partial charge in [0.25, 0.3) is 0 Å². The zero-order chi connectivity index (χ0) is 14.0. The van der Waals surface area contributed by atoms with Crippen molar-refractivity contribution in [3.63, 3.8) is 0 Å². The lowest BCUT2D eigenvalue weighted by atomic mass is 10.3. The van der Waals surface area contributed by atoms with Gasteiger partial charge < -0.3 is 10.4 Å². The molecule has 0 aromatic carbocycles. The van der Waals surface area contributed by atoms with Crippen molar-refractivity contribution in [1.29, 1.82) is 0 Å². The molecule has 18 heavy (non-hydrogen) atoms. The highest BCUT2D eigenvalue weighted by molar-refractivity contribution is 5.49. The van der Waals surface area contributed by atoms with Gasteiger partial charge >= 0.3 is 0 Å². The summed E-state index contributed by atoms with van der Waals surface area (Å²) in [4.78, 5) is 13.9. The number of nitrogens with one attached hydrogen (secondary N) is 1. The predicted octanol–water partition coefficient (Wildman–Crippen LogP) is 1.98. The lowest BCUT2D eigenvalue weighted by Crippen LogP contribution is -2.33. The highest BCUT2D eigenvalue weighted by Crippen LogP contribution is 2.33. The fourth-order valence-corrected chi connectivity index (χ4v) is 1.17. The van der Waals surface area contributed by atoms with Gasteiger partial charge in [0, 0.05) is 11.9 Å². The predicted molar refractivity (Wildman–Crippen MR) is 73.3 cm³/mol. The largest absolute Gasteiger partial charge is 0.394 e. The molecule has 1 aromatic heterocycles. The highest BCUT2D eigenvalue weighted by atomic mass is 16.3. The maximum absolute atomic E-state index is 9.80. The van der Waals surface area contributed by atoms with Gasteiger partial charge in [0.15, 0.2) is 0 Å². The molecule has 0 atom stereocenters. The fraction of sp³-hybridized carbons (Fsp3) is 0.571. The Morgan fingerprint density at radius 2 is 2.00 bits per heavy atom. The summed E-state index contributed by atoms with van der Waals surface area (Å²) in [5.74, 6) is 0. The van der Waals surface area contributed by atoms with Crippen LogP contribution in [0.5, 0.6) is 0 Å². The van der Waals surface area contributed by atoms with Gasteiger partial charge in [0.2, 0.25) is 6.41 Å². The van der Waals surface area contributed by atoms with Crippen LogP contribution in [0.25, 0.3) is 0 Å². The highest BCUT2D eigenvalue weighted by Gasteiger charge is 2.41. The Labute approximate surface area is 109 Å². The lowest BCUT2D eigenvalue weighted by molar-refractivity contribution is -0.110. The van der Waals surface area contributed by atoms with Gasteiger partial charge in [-0.05, 0) is 38.3 Å². The van der Waals surface area contributed by atoms with E-state index < -0.39 is 0 Å². The average Bonchev–Trinajstić information content (AvgIpc) is 3.17. The van der Waals surface area contributed by atoms with Crippen molar-refractivity contribution >= 4 is 6.41 Å². The van der Waals surface area contributed by atoms with Crippen LogP contribution in [0.3, 0.4) is 0 Å². The van der Waals surface area contributed by atoms with Crippen LogP contribution in [0, 0.1) is 13.8 Å². The van der Waals surface area contributed by atoms with Crippen molar-refractivity contribution < 1.29 is 9.90 Å². The molecule has 1 aromatic rings. The summed E-state index contributed by atoms with van der Waals surface area (Å²) in [5.41, 5.74) is 2.08. The molecule has 4 heteroatoms. The SMILES string of the molecule is CC.Cc1ccc(C)nc1.O=CNC1(CO)CC1. The second-order valence-electron chi connectivity index (χ2n) is 4.18. The van der Waals surface area contributed by atoms with Crippen LogP contribution in [0.15, 0.2) is 18.3 Å². The molecule has 0 saturated heterocycles. The quantitative estimate of drug-likeness (QED) is 0.809. The van der Waals surface area contributed by atoms with Crippen molar-refractivity contribution in [3.8, 4) is 0 Å². The average molecular weight is 252 g/mol. The number of aliphatic hydroxyl groups is 1. The number of carbonyl (C=O) groups excluding carboxylic acids is 1. The van der Waals surface area contributed by atoms with Crippen LogP contribution in [-0.4, -0.2) is 28.6 Å². The molecule has 1 fully saturated rings. The van der Waals surface area contributed by atoms with Crippen molar-refractivity contribution in [2.45, 2.75) is 46.1 Å². The molecule has 0 unspecified atom stereocenters. The molecule has 1 aliphatic carbocycles. The van der Waals surface area contributed by atoms with Crippen molar-refractivity contribution in [2.24, 2.45) is 0 Å². The first kappa shape index (κ1) is 16.6. The molecule has 2 N–H and O–H groups in total. The van der Waals surface area contributed by atoms with Crippen molar-refractivity contribution in [2.75, 3.05) is 6.61 Å². The van der Waals surface area contributed by atoms with Gasteiger partial charge in [0.05, 0.1) is 12.1 Å². The summed E-state index contributed by atoms with van der Waals surface area (Å²) in [6.07, 6.45) is 4.35. The van der Waals surface area contributed by atoms with E-state index in [0.717, 1.165) is 18.5 Å². The monoisotopic (exact) mass is 252 g/mol. The molecular weight excluding hydrogens is 228 g/mol. The Balaban J connectivity index is 0.000000283. The normalized spacial score (nSPS) is 14.3. The lowest BCUT2D eigenvalue weighted by Gasteiger charge is -2.07. The third kappa shape index (κ3) is 6.35. The summed E-state index contributed by atoms with van der Waals surface area (Å²) in [6.45, 7) is 8.09. The first-order valence-electron chi connectivity index (χ1n) is 6.33. The van der Waals surface area contributed by atoms with Crippen LogP contribution < -0.4 is 5.32 Å². The minimum atomic E-state index is -0.220. The number of pyridine rings is 1. The Morgan fingerprint density at radius 1 is 1.39 bits per heavy atom. The van der Waals surface area contributed by atoms with Gasteiger partial charge in [-0.3, -0.25) is 9.78 Å². The van der Waals surface area contributed by atoms with Crippen LogP contribution in [0.2, 0.25) is 0 Å². The number of aliphatic hydroxyl groups excluding tert-OH is 1. The zero-order valence-electron chi connectivity index (χ0n) is 11.7. The maximum atomic E-state index is 9.80. The van der Waals surface area contributed by atoms with E-state index in [-0.39, 0.29) is 12.1 Å². The third-order valence-electron chi connectivity index (χ3n) is 2.58. The van der Waals surface area contributed by atoms with Crippen LogP contribution >= 0.6 is 0 Å². The fourth-order valence-electron chi connectivity index (χ4n) is 1.17. The Bertz CT molecular complexity index is 311. The molecule has 0 spiro atoms. The molecule has 0 bridgehead atoms.